The molecule has 0 aliphatic heterocycles. The summed E-state index contributed by atoms with van der Waals surface area (Å²) < 4.78 is 43.7. The maximum atomic E-state index is 12.4. The topological polar surface area (TPSA) is 73.1 Å². The fourth-order valence-corrected chi connectivity index (χ4v) is 1.93. The molecule has 2 rings (SSSR count). The molecular formula is C13H13BrF3N5O2. The lowest BCUT2D eigenvalue weighted by Gasteiger charge is -2.20. The van der Waals surface area contributed by atoms with Gasteiger partial charge in [-0.15, -0.1) is 0 Å². The summed E-state index contributed by atoms with van der Waals surface area (Å²) in [6, 6.07) is 1.60. The molecule has 2 aromatic heterocycles. The van der Waals surface area contributed by atoms with E-state index in [2.05, 4.69) is 35.7 Å². The Balaban J connectivity index is 2.05. The molecule has 11 heteroatoms. The van der Waals surface area contributed by atoms with Gasteiger partial charge in [0.15, 0.2) is 11.9 Å². The predicted molar refractivity (Wildman–Crippen MR) is 81.7 cm³/mol. The first-order valence-electron chi connectivity index (χ1n) is 6.67. The van der Waals surface area contributed by atoms with E-state index >= 15 is 0 Å². The minimum absolute atomic E-state index is 0.149. The van der Waals surface area contributed by atoms with Gasteiger partial charge in [0.2, 0.25) is 5.95 Å². The molecule has 1 atom stereocenters. The van der Waals surface area contributed by atoms with Crippen LogP contribution in [0.3, 0.4) is 0 Å². The number of rotatable bonds is 5. The first-order chi connectivity index (χ1) is 11.2. The zero-order valence-corrected chi connectivity index (χ0v) is 14.2. The normalized spacial score (nSPS) is 12.8. The van der Waals surface area contributed by atoms with Gasteiger partial charge < -0.3 is 9.64 Å². The molecule has 0 radical (unpaired) electrons. The summed E-state index contributed by atoms with van der Waals surface area (Å²) in [4.78, 5) is 21.1. The Hall–Kier alpha value is -2.17. The standard InChI is InChI=1S/C13H13BrF3N5O2/c1-8(13(15,16)17)24-11(23)7-21(2)12-18-4-3-10(20-12)22-6-9(14)5-19-22/h3-6,8H,7H2,1-2H3. The number of alkyl halides is 3. The second-order valence-corrected chi connectivity index (χ2v) is 5.76. The van der Waals surface area contributed by atoms with E-state index in [1.165, 1.54) is 22.8 Å². The molecule has 0 bridgehead atoms. The fourth-order valence-electron chi connectivity index (χ4n) is 1.64. The molecule has 0 saturated heterocycles. The molecule has 24 heavy (non-hydrogen) atoms. The maximum Gasteiger partial charge on any atom is 0.425 e. The number of halogens is 4. The minimum Gasteiger partial charge on any atom is -0.452 e. The second kappa shape index (κ2) is 7.16. The Kier molecular flexibility index (Phi) is 5.42. The zero-order chi connectivity index (χ0) is 17.9. The fraction of sp³-hybridized carbons (Fsp3) is 0.385. The summed E-state index contributed by atoms with van der Waals surface area (Å²) in [5.41, 5.74) is 0. The van der Waals surface area contributed by atoms with Gasteiger partial charge in [-0.2, -0.15) is 23.3 Å². The van der Waals surface area contributed by atoms with Crippen LogP contribution in [0.4, 0.5) is 19.1 Å². The highest BCUT2D eigenvalue weighted by atomic mass is 79.9. The number of likely N-dealkylation sites (N-methyl/N-ethyl adjacent to an activating group) is 1. The zero-order valence-electron chi connectivity index (χ0n) is 12.7. The molecule has 1 unspecified atom stereocenters. The van der Waals surface area contributed by atoms with Crippen LogP contribution in [0.5, 0.6) is 0 Å². The highest BCUT2D eigenvalue weighted by Gasteiger charge is 2.39. The average Bonchev–Trinajstić information content (AvgIpc) is 2.93. The first-order valence-corrected chi connectivity index (χ1v) is 7.47. The van der Waals surface area contributed by atoms with Crippen LogP contribution in [0.15, 0.2) is 29.1 Å². The number of hydrogen-bond donors (Lipinski definition) is 0. The van der Waals surface area contributed by atoms with Gasteiger partial charge in [-0.05, 0) is 22.9 Å². The summed E-state index contributed by atoms with van der Waals surface area (Å²) in [5.74, 6) is -0.441. The van der Waals surface area contributed by atoms with Crippen LogP contribution in [0, 0.1) is 0 Å². The molecule has 130 valence electrons. The number of carbonyl (C=O) groups excluding carboxylic acids is 1. The first kappa shape index (κ1) is 18.2. The second-order valence-electron chi connectivity index (χ2n) is 4.85. The average molecular weight is 408 g/mol. The summed E-state index contributed by atoms with van der Waals surface area (Å²) in [6.07, 6.45) is -2.08. The van der Waals surface area contributed by atoms with Gasteiger partial charge in [0.1, 0.15) is 6.54 Å². The van der Waals surface area contributed by atoms with E-state index in [9.17, 15) is 18.0 Å². The number of anilines is 1. The molecule has 0 aliphatic rings. The van der Waals surface area contributed by atoms with Crippen molar-refractivity contribution < 1.29 is 22.7 Å². The molecule has 0 fully saturated rings. The SMILES string of the molecule is CC(OC(=O)CN(C)c1nccc(-n2cc(Br)cn2)n1)C(F)(F)F. The van der Waals surface area contributed by atoms with Gasteiger partial charge in [0.25, 0.3) is 0 Å². The summed E-state index contributed by atoms with van der Waals surface area (Å²) >= 11 is 3.26. The summed E-state index contributed by atoms with van der Waals surface area (Å²) in [5, 5.41) is 4.06. The number of aromatic nitrogens is 4. The maximum absolute atomic E-state index is 12.4. The third-order valence-corrected chi connectivity index (χ3v) is 3.30. The third-order valence-electron chi connectivity index (χ3n) is 2.89. The van der Waals surface area contributed by atoms with E-state index < -0.39 is 24.8 Å². The van der Waals surface area contributed by atoms with Crippen LogP contribution >= 0.6 is 15.9 Å². The molecule has 0 aromatic carbocycles. The van der Waals surface area contributed by atoms with Crippen LogP contribution in [0.2, 0.25) is 0 Å². The quantitative estimate of drug-likeness (QED) is 0.708. The van der Waals surface area contributed by atoms with Crippen LogP contribution < -0.4 is 4.90 Å². The van der Waals surface area contributed by atoms with Crippen molar-refractivity contribution in [3.63, 3.8) is 0 Å². The lowest BCUT2D eigenvalue weighted by atomic mass is 10.4. The van der Waals surface area contributed by atoms with Crippen molar-refractivity contribution in [1.29, 1.82) is 0 Å². The molecule has 2 heterocycles. The van der Waals surface area contributed by atoms with Gasteiger partial charge in [0, 0.05) is 25.5 Å². The Labute approximate surface area is 143 Å². The molecule has 0 saturated carbocycles. The monoisotopic (exact) mass is 407 g/mol. The van der Waals surface area contributed by atoms with Gasteiger partial charge in [-0.1, -0.05) is 0 Å². The van der Waals surface area contributed by atoms with Crippen molar-refractivity contribution in [3.8, 4) is 5.82 Å². The molecular weight excluding hydrogens is 395 g/mol. The van der Waals surface area contributed by atoms with Gasteiger partial charge in [-0.3, -0.25) is 4.79 Å². The largest absolute Gasteiger partial charge is 0.452 e. The van der Waals surface area contributed by atoms with Crippen molar-refractivity contribution >= 4 is 27.8 Å². The van der Waals surface area contributed by atoms with Crippen LogP contribution in [0.25, 0.3) is 5.82 Å². The van der Waals surface area contributed by atoms with Crippen molar-refractivity contribution in [3.05, 3.63) is 29.1 Å². The van der Waals surface area contributed by atoms with Crippen LogP contribution in [-0.2, 0) is 9.53 Å². The van der Waals surface area contributed by atoms with E-state index in [1.807, 2.05) is 0 Å². The van der Waals surface area contributed by atoms with E-state index in [0.717, 1.165) is 11.4 Å². The number of ether oxygens (including phenoxy) is 1. The van der Waals surface area contributed by atoms with Crippen LogP contribution in [-0.4, -0.2) is 51.6 Å². The highest BCUT2D eigenvalue weighted by Crippen LogP contribution is 2.22. The third kappa shape index (κ3) is 4.66. The predicted octanol–water partition coefficient (Wildman–Crippen LogP) is 2.36. The molecule has 0 aliphatic carbocycles. The number of carbonyl (C=O) groups is 1. The van der Waals surface area contributed by atoms with Crippen molar-refractivity contribution in [2.75, 3.05) is 18.5 Å². The van der Waals surface area contributed by atoms with E-state index in [0.29, 0.717) is 5.82 Å². The van der Waals surface area contributed by atoms with Crippen LogP contribution in [0.1, 0.15) is 6.92 Å². The Morgan fingerprint density at radius 1 is 1.50 bits per heavy atom. The molecule has 0 amide bonds. The smallest absolute Gasteiger partial charge is 0.425 e. The number of nitrogens with zero attached hydrogens (tertiary/aromatic N) is 5. The summed E-state index contributed by atoms with van der Waals surface area (Å²) in [6.45, 7) is 0.345. The van der Waals surface area contributed by atoms with Crippen molar-refractivity contribution in [2.24, 2.45) is 0 Å². The van der Waals surface area contributed by atoms with E-state index in [-0.39, 0.29) is 5.95 Å². The molecule has 7 nitrogen and oxygen atoms in total. The van der Waals surface area contributed by atoms with Gasteiger partial charge >= 0.3 is 12.1 Å². The number of esters is 1. The Morgan fingerprint density at radius 3 is 2.79 bits per heavy atom. The minimum atomic E-state index is -4.60. The molecule has 0 N–H and O–H groups in total. The Morgan fingerprint density at radius 2 is 2.21 bits per heavy atom. The van der Waals surface area contributed by atoms with Crippen molar-refractivity contribution in [1.82, 2.24) is 19.7 Å². The van der Waals surface area contributed by atoms with E-state index in [1.54, 1.807) is 18.5 Å². The van der Waals surface area contributed by atoms with E-state index in [4.69, 9.17) is 0 Å². The lowest BCUT2D eigenvalue weighted by molar-refractivity contribution is -0.215. The molecule has 2 aromatic rings. The van der Waals surface area contributed by atoms with Gasteiger partial charge in [-0.25, -0.2) is 9.67 Å². The Bertz CT molecular complexity index is 722. The number of hydrogen-bond acceptors (Lipinski definition) is 6. The summed E-state index contributed by atoms with van der Waals surface area (Å²) in [7, 11) is 1.47. The lowest BCUT2D eigenvalue weighted by Crippen LogP contribution is -2.36. The molecule has 0 spiro atoms. The highest BCUT2D eigenvalue weighted by molar-refractivity contribution is 9.10. The van der Waals surface area contributed by atoms with Crippen molar-refractivity contribution in [2.45, 2.75) is 19.2 Å². The van der Waals surface area contributed by atoms with Gasteiger partial charge in [0.05, 0.1) is 10.7 Å².